The van der Waals surface area contributed by atoms with Crippen molar-refractivity contribution in [3.8, 4) is 0 Å². The summed E-state index contributed by atoms with van der Waals surface area (Å²) in [6.45, 7) is 1.61. The standard InChI is InChI=1S/C16H22F3N5O/c17-16(18,19)15-5-1-2-11(15)9-23(10-15)14(25)13-8-21-22-24(13)12-3-6-20-7-4-12/h8,11-12,20H,1-7,9-10H2/t11-,15-/m0/s1. The number of hydrogen-bond acceptors (Lipinski definition) is 4. The number of aromatic nitrogens is 3. The highest BCUT2D eigenvalue weighted by molar-refractivity contribution is 5.92. The van der Waals surface area contributed by atoms with Crippen molar-refractivity contribution in [3.63, 3.8) is 0 Å². The summed E-state index contributed by atoms with van der Waals surface area (Å²) in [5, 5.41) is 11.1. The Hall–Kier alpha value is -1.64. The van der Waals surface area contributed by atoms with Crippen LogP contribution in [-0.2, 0) is 0 Å². The number of nitrogens with one attached hydrogen (secondary N) is 1. The molecular weight excluding hydrogens is 335 g/mol. The van der Waals surface area contributed by atoms with Crippen LogP contribution >= 0.6 is 0 Å². The minimum atomic E-state index is -4.27. The quantitative estimate of drug-likeness (QED) is 0.880. The largest absolute Gasteiger partial charge is 0.396 e. The van der Waals surface area contributed by atoms with Crippen molar-refractivity contribution in [2.45, 2.75) is 44.3 Å². The summed E-state index contributed by atoms with van der Waals surface area (Å²) in [5.41, 5.74) is -1.42. The molecule has 1 amide bonds. The van der Waals surface area contributed by atoms with Crippen LogP contribution in [0.2, 0.25) is 0 Å². The van der Waals surface area contributed by atoms with E-state index in [4.69, 9.17) is 0 Å². The summed E-state index contributed by atoms with van der Waals surface area (Å²) < 4.78 is 42.7. The Morgan fingerprint density at radius 1 is 1.28 bits per heavy atom. The Morgan fingerprint density at radius 3 is 2.72 bits per heavy atom. The van der Waals surface area contributed by atoms with Crippen LogP contribution in [0.15, 0.2) is 6.20 Å². The molecule has 9 heteroatoms. The van der Waals surface area contributed by atoms with Crippen LogP contribution in [0.5, 0.6) is 0 Å². The van der Waals surface area contributed by atoms with Gasteiger partial charge in [-0.3, -0.25) is 4.79 Å². The molecule has 2 saturated heterocycles. The number of rotatable bonds is 2. The Bertz CT molecular complexity index is 654. The van der Waals surface area contributed by atoms with Crippen LogP contribution in [0.3, 0.4) is 0 Å². The minimum Gasteiger partial charge on any atom is -0.336 e. The van der Waals surface area contributed by atoms with Gasteiger partial charge < -0.3 is 10.2 Å². The van der Waals surface area contributed by atoms with Crippen molar-refractivity contribution in [2.24, 2.45) is 11.3 Å². The number of carbonyl (C=O) groups is 1. The molecule has 3 aliphatic rings. The van der Waals surface area contributed by atoms with Crippen LogP contribution in [0, 0.1) is 11.3 Å². The van der Waals surface area contributed by atoms with E-state index in [9.17, 15) is 18.0 Å². The average Bonchev–Trinajstić information content (AvgIpc) is 3.28. The van der Waals surface area contributed by atoms with Crippen LogP contribution in [-0.4, -0.2) is 58.2 Å². The van der Waals surface area contributed by atoms with E-state index in [1.165, 1.54) is 11.1 Å². The number of halogens is 3. The van der Waals surface area contributed by atoms with E-state index in [2.05, 4.69) is 15.6 Å². The van der Waals surface area contributed by atoms with Crippen molar-refractivity contribution in [3.05, 3.63) is 11.9 Å². The molecule has 138 valence electrons. The zero-order valence-electron chi connectivity index (χ0n) is 13.9. The highest BCUT2D eigenvalue weighted by atomic mass is 19.4. The van der Waals surface area contributed by atoms with E-state index in [1.807, 2.05) is 0 Å². The molecule has 0 spiro atoms. The molecule has 3 heterocycles. The zero-order valence-corrected chi connectivity index (χ0v) is 13.9. The lowest BCUT2D eigenvalue weighted by atomic mass is 9.80. The van der Waals surface area contributed by atoms with Gasteiger partial charge in [0.2, 0.25) is 0 Å². The first kappa shape index (κ1) is 16.8. The highest BCUT2D eigenvalue weighted by Crippen LogP contribution is 2.57. The molecule has 1 N–H and O–H groups in total. The summed E-state index contributed by atoms with van der Waals surface area (Å²) >= 11 is 0. The minimum absolute atomic E-state index is 0.0707. The number of amides is 1. The lowest BCUT2D eigenvalue weighted by Gasteiger charge is -2.31. The van der Waals surface area contributed by atoms with Gasteiger partial charge in [0.1, 0.15) is 5.69 Å². The molecule has 0 radical (unpaired) electrons. The molecule has 4 rings (SSSR count). The molecule has 2 atom stereocenters. The topological polar surface area (TPSA) is 63.1 Å². The molecule has 3 fully saturated rings. The third-order valence-electron chi connectivity index (χ3n) is 6.17. The Kier molecular flexibility index (Phi) is 4.01. The fourth-order valence-corrected chi connectivity index (χ4v) is 4.79. The Labute approximate surface area is 143 Å². The molecule has 2 aliphatic heterocycles. The normalized spacial score (nSPS) is 30.7. The first-order valence-electron chi connectivity index (χ1n) is 8.89. The van der Waals surface area contributed by atoms with Crippen molar-refractivity contribution in [2.75, 3.05) is 26.2 Å². The van der Waals surface area contributed by atoms with Gasteiger partial charge in [0.05, 0.1) is 17.7 Å². The smallest absolute Gasteiger partial charge is 0.336 e. The third kappa shape index (κ3) is 2.63. The van der Waals surface area contributed by atoms with E-state index in [-0.39, 0.29) is 31.5 Å². The van der Waals surface area contributed by atoms with Gasteiger partial charge in [-0.2, -0.15) is 13.2 Å². The van der Waals surface area contributed by atoms with Gasteiger partial charge >= 0.3 is 6.18 Å². The molecule has 0 aromatic carbocycles. The fourth-order valence-electron chi connectivity index (χ4n) is 4.79. The van der Waals surface area contributed by atoms with Gasteiger partial charge in [-0.15, -0.1) is 5.10 Å². The van der Waals surface area contributed by atoms with Crippen molar-refractivity contribution in [1.29, 1.82) is 0 Å². The number of carbonyl (C=O) groups excluding carboxylic acids is 1. The van der Waals surface area contributed by atoms with Crippen LogP contribution in [0.25, 0.3) is 0 Å². The number of fused-ring (bicyclic) bond motifs is 1. The highest BCUT2D eigenvalue weighted by Gasteiger charge is 2.65. The van der Waals surface area contributed by atoms with E-state index in [0.29, 0.717) is 18.5 Å². The van der Waals surface area contributed by atoms with Crippen molar-refractivity contribution >= 4 is 5.91 Å². The summed E-state index contributed by atoms with van der Waals surface area (Å²) in [5.74, 6) is -0.860. The lowest BCUT2D eigenvalue weighted by molar-refractivity contribution is -0.226. The molecule has 0 bridgehead atoms. The summed E-state index contributed by atoms with van der Waals surface area (Å²) in [4.78, 5) is 14.3. The predicted octanol–water partition coefficient (Wildman–Crippen LogP) is 2.01. The lowest BCUT2D eigenvalue weighted by Crippen LogP contribution is -2.43. The molecule has 1 aromatic heterocycles. The van der Waals surface area contributed by atoms with Gasteiger partial charge in [0.25, 0.3) is 5.91 Å². The van der Waals surface area contributed by atoms with Gasteiger partial charge in [0.15, 0.2) is 0 Å². The van der Waals surface area contributed by atoms with Gasteiger partial charge in [-0.25, -0.2) is 4.68 Å². The zero-order chi connectivity index (χ0) is 17.7. The number of hydrogen-bond donors (Lipinski definition) is 1. The second kappa shape index (κ2) is 5.96. The fraction of sp³-hybridized carbons (Fsp3) is 0.812. The van der Waals surface area contributed by atoms with Gasteiger partial charge in [0, 0.05) is 13.1 Å². The number of alkyl halides is 3. The maximum absolute atomic E-state index is 13.7. The average molecular weight is 357 g/mol. The molecule has 0 unspecified atom stereocenters. The Morgan fingerprint density at radius 2 is 2.04 bits per heavy atom. The maximum Gasteiger partial charge on any atom is 0.396 e. The van der Waals surface area contributed by atoms with Crippen LogP contribution in [0.4, 0.5) is 13.2 Å². The summed E-state index contributed by atoms with van der Waals surface area (Å²) in [7, 11) is 0. The van der Waals surface area contributed by atoms with Crippen LogP contribution < -0.4 is 5.32 Å². The number of likely N-dealkylation sites (tertiary alicyclic amines) is 1. The summed E-state index contributed by atoms with van der Waals surface area (Å²) in [6, 6.07) is 0.0707. The van der Waals surface area contributed by atoms with Crippen LogP contribution in [0.1, 0.15) is 48.6 Å². The maximum atomic E-state index is 13.7. The molecule has 1 saturated carbocycles. The summed E-state index contributed by atoms with van der Waals surface area (Å²) in [6.07, 6.45) is 0.0274. The first-order valence-corrected chi connectivity index (χ1v) is 8.89. The number of nitrogens with zero attached hydrogens (tertiary/aromatic N) is 4. The van der Waals surface area contributed by atoms with Crippen molar-refractivity contribution < 1.29 is 18.0 Å². The number of piperidine rings is 1. The van der Waals surface area contributed by atoms with E-state index >= 15 is 0 Å². The molecule has 1 aliphatic carbocycles. The Balaban J connectivity index is 1.56. The SMILES string of the molecule is O=C(c1cnnn1C1CCNCC1)N1C[C@@H]2CCC[C@]2(C(F)(F)F)C1. The third-order valence-corrected chi connectivity index (χ3v) is 6.17. The molecule has 1 aromatic rings. The van der Waals surface area contributed by atoms with E-state index < -0.39 is 17.5 Å². The van der Waals surface area contributed by atoms with Gasteiger partial charge in [-0.05, 0) is 44.7 Å². The predicted molar refractivity (Wildman–Crippen MR) is 82.9 cm³/mol. The molecular formula is C16H22F3N5O. The second-order valence-electron chi connectivity index (χ2n) is 7.47. The first-order chi connectivity index (χ1) is 11.9. The van der Waals surface area contributed by atoms with E-state index in [0.717, 1.165) is 25.9 Å². The molecule has 6 nitrogen and oxygen atoms in total. The second-order valence-corrected chi connectivity index (χ2v) is 7.47. The van der Waals surface area contributed by atoms with Gasteiger partial charge in [-0.1, -0.05) is 11.6 Å². The van der Waals surface area contributed by atoms with E-state index in [1.54, 1.807) is 4.68 Å². The monoisotopic (exact) mass is 357 g/mol. The molecule has 25 heavy (non-hydrogen) atoms. The van der Waals surface area contributed by atoms with Crippen molar-refractivity contribution in [1.82, 2.24) is 25.2 Å².